The standard InChI is InChI=1S/C21H22N2O4S/c1-27-13-12-22-21(24)14-16-6-9-19(10-7-16)23-28(25,26)20-11-8-17-4-2-3-5-18(17)15-20/h2-11,15,23H,12-14H2,1H3,(H,22,24). The Labute approximate surface area is 164 Å². The fourth-order valence-corrected chi connectivity index (χ4v) is 3.87. The van der Waals surface area contributed by atoms with Crippen molar-refractivity contribution in [2.75, 3.05) is 25.0 Å². The normalized spacial score (nSPS) is 11.3. The first-order valence-corrected chi connectivity index (χ1v) is 10.3. The molecule has 0 spiro atoms. The second kappa shape index (κ2) is 8.86. The lowest BCUT2D eigenvalue weighted by Crippen LogP contribution is -2.28. The van der Waals surface area contributed by atoms with Crippen molar-refractivity contribution in [2.24, 2.45) is 0 Å². The zero-order chi connectivity index (χ0) is 20.0. The number of hydrogen-bond donors (Lipinski definition) is 2. The van der Waals surface area contributed by atoms with E-state index in [9.17, 15) is 13.2 Å². The number of hydrogen-bond acceptors (Lipinski definition) is 4. The van der Waals surface area contributed by atoms with Crippen LogP contribution in [0.15, 0.2) is 71.6 Å². The number of carbonyl (C=O) groups excluding carboxylic acids is 1. The minimum Gasteiger partial charge on any atom is -0.383 e. The molecule has 3 aromatic rings. The first-order chi connectivity index (χ1) is 13.5. The third-order valence-corrected chi connectivity index (χ3v) is 5.61. The fourth-order valence-electron chi connectivity index (χ4n) is 2.78. The van der Waals surface area contributed by atoms with Gasteiger partial charge in [-0.15, -0.1) is 0 Å². The van der Waals surface area contributed by atoms with Crippen molar-refractivity contribution in [1.82, 2.24) is 5.32 Å². The molecule has 3 aromatic carbocycles. The molecule has 0 saturated carbocycles. The van der Waals surface area contributed by atoms with Gasteiger partial charge in [-0.1, -0.05) is 42.5 Å². The van der Waals surface area contributed by atoms with Crippen molar-refractivity contribution < 1.29 is 17.9 Å². The van der Waals surface area contributed by atoms with E-state index in [0.29, 0.717) is 18.8 Å². The third-order valence-electron chi connectivity index (χ3n) is 4.23. The number of nitrogens with one attached hydrogen (secondary N) is 2. The van der Waals surface area contributed by atoms with Crippen LogP contribution in [0.3, 0.4) is 0 Å². The van der Waals surface area contributed by atoms with Gasteiger partial charge in [0, 0.05) is 19.3 Å². The predicted molar refractivity (Wildman–Crippen MR) is 110 cm³/mol. The number of carbonyl (C=O) groups is 1. The zero-order valence-electron chi connectivity index (χ0n) is 15.5. The summed E-state index contributed by atoms with van der Waals surface area (Å²) in [7, 11) is -2.13. The average molecular weight is 398 g/mol. The third kappa shape index (κ3) is 5.09. The number of benzene rings is 3. The molecule has 0 heterocycles. The highest BCUT2D eigenvalue weighted by atomic mass is 32.2. The summed E-state index contributed by atoms with van der Waals surface area (Å²) in [5, 5.41) is 4.59. The van der Waals surface area contributed by atoms with Crippen LogP contribution in [0.5, 0.6) is 0 Å². The van der Waals surface area contributed by atoms with E-state index in [4.69, 9.17) is 4.74 Å². The molecule has 0 aliphatic carbocycles. The largest absolute Gasteiger partial charge is 0.383 e. The van der Waals surface area contributed by atoms with Gasteiger partial charge in [0.1, 0.15) is 0 Å². The monoisotopic (exact) mass is 398 g/mol. The highest BCUT2D eigenvalue weighted by Gasteiger charge is 2.15. The van der Waals surface area contributed by atoms with Crippen LogP contribution in [0, 0.1) is 0 Å². The van der Waals surface area contributed by atoms with Crippen molar-refractivity contribution in [1.29, 1.82) is 0 Å². The first-order valence-electron chi connectivity index (χ1n) is 8.84. The number of fused-ring (bicyclic) bond motifs is 1. The molecule has 0 atom stereocenters. The summed E-state index contributed by atoms with van der Waals surface area (Å²) in [5.41, 5.74) is 1.24. The quantitative estimate of drug-likeness (QED) is 0.572. The lowest BCUT2D eigenvalue weighted by Gasteiger charge is -2.10. The van der Waals surface area contributed by atoms with E-state index in [1.54, 1.807) is 49.6 Å². The molecule has 0 aliphatic rings. The van der Waals surface area contributed by atoms with E-state index < -0.39 is 10.0 Å². The van der Waals surface area contributed by atoms with Gasteiger partial charge >= 0.3 is 0 Å². The van der Waals surface area contributed by atoms with Crippen molar-refractivity contribution >= 4 is 32.4 Å². The van der Waals surface area contributed by atoms with Crippen LogP contribution in [0.25, 0.3) is 10.8 Å². The fraction of sp³-hybridized carbons (Fsp3) is 0.190. The number of ether oxygens (including phenoxy) is 1. The molecule has 0 aliphatic heterocycles. The van der Waals surface area contributed by atoms with Gasteiger partial charge < -0.3 is 10.1 Å². The Balaban J connectivity index is 1.67. The van der Waals surface area contributed by atoms with Gasteiger partial charge in [-0.2, -0.15) is 0 Å². The van der Waals surface area contributed by atoms with Gasteiger partial charge in [0.15, 0.2) is 0 Å². The van der Waals surface area contributed by atoms with E-state index in [2.05, 4.69) is 10.0 Å². The van der Waals surface area contributed by atoms with Crippen LogP contribution in [0.4, 0.5) is 5.69 Å². The van der Waals surface area contributed by atoms with Crippen molar-refractivity contribution in [3.05, 3.63) is 72.3 Å². The van der Waals surface area contributed by atoms with E-state index in [1.807, 2.05) is 24.3 Å². The Morgan fingerprint density at radius 2 is 1.68 bits per heavy atom. The smallest absolute Gasteiger partial charge is 0.261 e. The summed E-state index contributed by atoms with van der Waals surface area (Å²) >= 11 is 0. The Morgan fingerprint density at radius 1 is 0.964 bits per heavy atom. The van der Waals surface area contributed by atoms with Crippen LogP contribution >= 0.6 is 0 Å². The SMILES string of the molecule is COCCNC(=O)Cc1ccc(NS(=O)(=O)c2ccc3ccccc3c2)cc1. The average Bonchev–Trinajstić information content (AvgIpc) is 2.69. The Kier molecular flexibility index (Phi) is 6.28. The van der Waals surface area contributed by atoms with Crippen LogP contribution in [0.1, 0.15) is 5.56 Å². The van der Waals surface area contributed by atoms with Gasteiger partial charge in [0.25, 0.3) is 10.0 Å². The van der Waals surface area contributed by atoms with Crippen LogP contribution < -0.4 is 10.0 Å². The molecule has 3 rings (SSSR count). The van der Waals surface area contributed by atoms with E-state index in [-0.39, 0.29) is 17.2 Å². The Bertz CT molecular complexity index is 1060. The zero-order valence-corrected chi connectivity index (χ0v) is 16.3. The molecule has 2 N–H and O–H groups in total. The molecule has 6 nitrogen and oxygen atoms in total. The summed E-state index contributed by atoms with van der Waals surface area (Å²) in [5.74, 6) is -0.110. The molecule has 0 bridgehead atoms. The molecule has 146 valence electrons. The molecule has 28 heavy (non-hydrogen) atoms. The van der Waals surface area contributed by atoms with Gasteiger partial charge in [-0.25, -0.2) is 8.42 Å². The minimum absolute atomic E-state index is 0.110. The van der Waals surface area contributed by atoms with Gasteiger partial charge in [-0.05, 0) is 40.6 Å². The summed E-state index contributed by atoms with van der Waals surface area (Å²) in [6.07, 6.45) is 0.224. The maximum atomic E-state index is 12.7. The van der Waals surface area contributed by atoms with Crippen molar-refractivity contribution in [2.45, 2.75) is 11.3 Å². The molecule has 0 fully saturated rings. The Hall–Kier alpha value is -2.90. The molecule has 1 amide bonds. The summed E-state index contributed by atoms with van der Waals surface area (Å²) in [4.78, 5) is 12.0. The molecule has 0 aromatic heterocycles. The lowest BCUT2D eigenvalue weighted by atomic mass is 10.1. The number of amides is 1. The summed E-state index contributed by atoms with van der Waals surface area (Å²) in [6.45, 7) is 0.917. The molecule has 0 unspecified atom stereocenters. The molecular formula is C21H22N2O4S. The second-order valence-electron chi connectivity index (χ2n) is 6.33. The Morgan fingerprint density at radius 3 is 2.39 bits per heavy atom. The summed E-state index contributed by atoms with van der Waals surface area (Å²) < 4.78 is 32.8. The van der Waals surface area contributed by atoms with Crippen LogP contribution in [-0.2, 0) is 26.0 Å². The number of methoxy groups -OCH3 is 1. The first kappa shape index (κ1) is 19.9. The number of anilines is 1. The van der Waals surface area contributed by atoms with Crippen molar-refractivity contribution in [3.8, 4) is 0 Å². The van der Waals surface area contributed by atoms with E-state index in [0.717, 1.165) is 16.3 Å². The van der Waals surface area contributed by atoms with Crippen LogP contribution in [-0.4, -0.2) is 34.6 Å². The second-order valence-corrected chi connectivity index (χ2v) is 8.01. The highest BCUT2D eigenvalue weighted by Crippen LogP contribution is 2.21. The molecular weight excluding hydrogens is 376 g/mol. The molecule has 0 saturated heterocycles. The molecule has 7 heteroatoms. The van der Waals surface area contributed by atoms with Gasteiger partial charge in [0.05, 0.1) is 17.9 Å². The van der Waals surface area contributed by atoms with Gasteiger partial charge in [-0.3, -0.25) is 9.52 Å². The van der Waals surface area contributed by atoms with E-state index in [1.165, 1.54) is 0 Å². The topological polar surface area (TPSA) is 84.5 Å². The van der Waals surface area contributed by atoms with Gasteiger partial charge in [0.2, 0.25) is 5.91 Å². The maximum absolute atomic E-state index is 12.7. The van der Waals surface area contributed by atoms with E-state index >= 15 is 0 Å². The maximum Gasteiger partial charge on any atom is 0.261 e. The summed E-state index contributed by atoms with van der Waals surface area (Å²) in [6, 6.07) is 19.4. The molecule has 0 radical (unpaired) electrons. The highest BCUT2D eigenvalue weighted by molar-refractivity contribution is 7.92. The van der Waals surface area contributed by atoms with Crippen molar-refractivity contribution in [3.63, 3.8) is 0 Å². The lowest BCUT2D eigenvalue weighted by molar-refractivity contribution is -0.120. The number of sulfonamides is 1. The minimum atomic E-state index is -3.70. The predicted octanol–water partition coefficient (Wildman–Crippen LogP) is 2.95. The van der Waals surface area contributed by atoms with Crippen LogP contribution in [0.2, 0.25) is 0 Å². The number of rotatable bonds is 8.